The van der Waals surface area contributed by atoms with Gasteiger partial charge in [-0.15, -0.1) is 0 Å². The van der Waals surface area contributed by atoms with E-state index >= 15 is 0 Å². The average molecular weight is 247 g/mol. The van der Waals surface area contributed by atoms with E-state index in [0.717, 1.165) is 0 Å². The molecule has 16 heavy (non-hydrogen) atoms. The second-order valence-electron chi connectivity index (χ2n) is 4.88. The van der Waals surface area contributed by atoms with Gasteiger partial charge in [0.15, 0.2) is 0 Å². The molecule has 1 aliphatic heterocycles. The number of carboxylic acids is 1. The molecular formula is C10H17NO4S. The normalized spacial score (nSPS) is 25.6. The first-order valence-electron chi connectivity index (χ1n) is 5.11. The van der Waals surface area contributed by atoms with E-state index in [0.29, 0.717) is 13.0 Å². The van der Waals surface area contributed by atoms with Crippen molar-refractivity contribution in [3.05, 3.63) is 0 Å². The molecule has 1 heterocycles. The summed E-state index contributed by atoms with van der Waals surface area (Å²) in [5, 5.41) is 8.86. The Bertz CT molecular complexity index is 300. The number of carbonyl (C=O) groups excluding carboxylic acids is 1. The highest BCUT2D eigenvalue weighted by Crippen LogP contribution is 2.24. The van der Waals surface area contributed by atoms with Crippen molar-refractivity contribution in [1.29, 1.82) is 0 Å². The Morgan fingerprint density at radius 1 is 1.44 bits per heavy atom. The molecule has 0 aliphatic carbocycles. The van der Waals surface area contributed by atoms with Gasteiger partial charge in [-0.25, -0.2) is 9.59 Å². The molecule has 0 aromatic rings. The molecule has 0 spiro atoms. The largest absolute Gasteiger partial charge is 0.480 e. The zero-order valence-electron chi connectivity index (χ0n) is 9.64. The first kappa shape index (κ1) is 13.2. The SMILES string of the molecule is CC(C)(C)OC(=O)N1CC(S)CC1C(=O)O. The van der Waals surface area contributed by atoms with Crippen LogP contribution in [0.25, 0.3) is 0 Å². The zero-order chi connectivity index (χ0) is 12.5. The number of nitrogens with zero attached hydrogens (tertiary/aromatic N) is 1. The van der Waals surface area contributed by atoms with Crippen molar-refractivity contribution in [2.45, 2.75) is 44.1 Å². The molecule has 6 heteroatoms. The molecule has 1 saturated heterocycles. The van der Waals surface area contributed by atoms with Gasteiger partial charge in [-0.05, 0) is 27.2 Å². The Morgan fingerprint density at radius 2 is 2.00 bits per heavy atom. The summed E-state index contributed by atoms with van der Waals surface area (Å²) in [7, 11) is 0. The summed E-state index contributed by atoms with van der Waals surface area (Å²) < 4.78 is 5.14. The van der Waals surface area contributed by atoms with Crippen LogP contribution in [0.3, 0.4) is 0 Å². The first-order chi connectivity index (χ1) is 7.20. The number of aliphatic carboxylic acids is 1. The van der Waals surface area contributed by atoms with E-state index in [9.17, 15) is 9.59 Å². The van der Waals surface area contributed by atoms with Crippen LogP contribution in [0.1, 0.15) is 27.2 Å². The number of hydrogen-bond donors (Lipinski definition) is 2. The maximum Gasteiger partial charge on any atom is 0.411 e. The highest BCUT2D eigenvalue weighted by atomic mass is 32.1. The monoisotopic (exact) mass is 247 g/mol. The lowest BCUT2D eigenvalue weighted by atomic mass is 10.2. The Balaban J connectivity index is 2.71. The van der Waals surface area contributed by atoms with Crippen molar-refractivity contribution in [1.82, 2.24) is 4.90 Å². The first-order valence-corrected chi connectivity index (χ1v) is 5.63. The third-order valence-electron chi connectivity index (χ3n) is 2.19. The highest BCUT2D eigenvalue weighted by molar-refractivity contribution is 7.81. The molecule has 0 bridgehead atoms. The number of rotatable bonds is 1. The minimum absolute atomic E-state index is 0.103. The second kappa shape index (κ2) is 4.53. The van der Waals surface area contributed by atoms with Crippen LogP contribution >= 0.6 is 12.6 Å². The third-order valence-corrected chi connectivity index (χ3v) is 2.57. The van der Waals surface area contributed by atoms with Gasteiger partial charge in [0, 0.05) is 11.8 Å². The van der Waals surface area contributed by atoms with E-state index in [2.05, 4.69) is 12.6 Å². The predicted molar refractivity (Wildman–Crippen MR) is 61.8 cm³/mol. The van der Waals surface area contributed by atoms with Crippen molar-refractivity contribution in [2.75, 3.05) is 6.54 Å². The molecule has 92 valence electrons. The number of likely N-dealkylation sites (tertiary alicyclic amines) is 1. The van der Waals surface area contributed by atoms with E-state index in [-0.39, 0.29) is 5.25 Å². The van der Waals surface area contributed by atoms with Crippen molar-refractivity contribution < 1.29 is 19.4 Å². The molecule has 2 atom stereocenters. The Morgan fingerprint density at radius 3 is 2.44 bits per heavy atom. The van der Waals surface area contributed by atoms with Crippen LogP contribution < -0.4 is 0 Å². The standard InChI is InChI=1S/C10H17NO4S/c1-10(2,3)15-9(14)11-5-6(16)4-7(11)8(12)13/h6-7,16H,4-5H2,1-3H3,(H,12,13). The number of carboxylic acid groups (broad SMARTS) is 1. The quantitative estimate of drug-likeness (QED) is 0.687. The van der Waals surface area contributed by atoms with Gasteiger partial charge >= 0.3 is 12.1 Å². The van der Waals surface area contributed by atoms with Crippen molar-refractivity contribution in [3.63, 3.8) is 0 Å². The maximum absolute atomic E-state index is 11.7. The van der Waals surface area contributed by atoms with Gasteiger partial charge in [-0.1, -0.05) is 0 Å². The molecule has 0 aromatic carbocycles. The van der Waals surface area contributed by atoms with Crippen LogP contribution in [0.4, 0.5) is 4.79 Å². The van der Waals surface area contributed by atoms with Crippen molar-refractivity contribution >= 4 is 24.7 Å². The fraction of sp³-hybridized carbons (Fsp3) is 0.800. The van der Waals surface area contributed by atoms with E-state index in [4.69, 9.17) is 9.84 Å². The van der Waals surface area contributed by atoms with Gasteiger partial charge in [0.1, 0.15) is 11.6 Å². The molecule has 0 radical (unpaired) electrons. The molecule has 1 N–H and O–H groups in total. The van der Waals surface area contributed by atoms with Crippen LogP contribution in [0.15, 0.2) is 0 Å². The van der Waals surface area contributed by atoms with Crippen molar-refractivity contribution in [2.24, 2.45) is 0 Å². The minimum Gasteiger partial charge on any atom is -0.480 e. The lowest BCUT2D eigenvalue weighted by Crippen LogP contribution is -2.43. The fourth-order valence-electron chi connectivity index (χ4n) is 1.57. The molecule has 1 rings (SSSR count). The Hall–Kier alpha value is -0.910. The van der Waals surface area contributed by atoms with Gasteiger partial charge in [-0.2, -0.15) is 12.6 Å². The highest BCUT2D eigenvalue weighted by Gasteiger charge is 2.40. The Kier molecular flexibility index (Phi) is 3.72. The molecular weight excluding hydrogens is 230 g/mol. The molecule has 0 saturated carbocycles. The summed E-state index contributed by atoms with van der Waals surface area (Å²) in [6.45, 7) is 5.55. The van der Waals surface area contributed by atoms with Crippen LogP contribution in [-0.2, 0) is 9.53 Å². The van der Waals surface area contributed by atoms with Crippen LogP contribution in [0.5, 0.6) is 0 Å². The number of carbonyl (C=O) groups is 2. The van der Waals surface area contributed by atoms with Crippen molar-refractivity contribution in [3.8, 4) is 0 Å². The summed E-state index contributed by atoms with van der Waals surface area (Å²) in [6, 6.07) is -0.822. The predicted octanol–water partition coefficient (Wildman–Crippen LogP) is 1.38. The average Bonchev–Trinajstić information content (AvgIpc) is 2.44. The van der Waals surface area contributed by atoms with Gasteiger partial charge in [0.2, 0.25) is 0 Å². The Labute approximate surface area is 100 Å². The van der Waals surface area contributed by atoms with Gasteiger partial charge < -0.3 is 9.84 Å². The molecule has 1 fully saturated rings. The van der Waals surface area contributed by atoms with Crippen LogP contribution in [0.2, 0.25) is 0 Å². The maximum atomic E-state index is 11.7. The van der Waals surface area contributed by atoms with E-state index in [1.54, 1.807) is 20.8 Å². The summed E-state index contributed by atoms with van der Waals surface area (Å²) >= 11 is 4.20. The van der Waals surface area contributed by atoms with E-state index in [1.807, 2.05) is 0 Å². The number of hydrogen-bond acceptors (Lipinski definition) is 4. The number of thiol groups is 1. The second-order valence-corrected chi connectivity index (χ2v) is 5.61. The lowest BCUT2D eigenvalue weighted by molar-refractivity contribution is -0.142. The van der Waals surface area contributed by atoms with E-state index < -0.39 is 23.7 Å². The van der Waals surface area contributed by atoms with Gasteiger partial charge in [0.05, 0.1) is 0 Å². The summed E-state index contributed by atoms with van der Waals surface area (Å²) in [6.07, 6.45) is -0.228. The minimum atomic E-state index is -1.01. The zero-order valence-corrected chi connectivity index (χ0v) is 10.5. The van der Waals surface area contributed by atoms with E-state index in [1.165, 1.54) is 4.90 Å². The smallest absolute Gasteiger partial charge is 0.411 e. The topological polar surface area (TPSA) is 66.8 Å². The summed E-state index contributed by atoms with van der Waals surface area (Å²) in [5.74, 6) is -1.01. The molecule has 0 aromatic heterocycles. The molecule has 1 amide bonds. The summed E-state index contributed by atoms with van der Waals surface area (Å²) in [4.78, 5) is 23.9. The third kappa shape index (κ3) is 3.30. The van der Waals surface area contributed by atoms with Gasteiger partial charge in [0.25, 0.3) is 0 Å². The summed E-state index contributed by atoms with van der Waals surface area (Å²) in [5.41, 5.74) is -0.616. The van der Waals surface area contributed by atoms with Gasteiger partial charge in [-0.3, -0.25) is 4.90 Å². The lowest BCUT2D eigenvalue weighted by Gasteiger charge is -2.26. The van der Waals surface area contributed by atoms with Crippen LogP contribution in [0, 0.1) is 0 Å². The molecule has 5 nitrogen and oxygen atoms in total. The number of ether oxygens (including phenoxy) is 1. The molecule has 1 aliphatic rings. The number of amides is 1. The van der Waals surface area contributed by atoms with Crippen LogP contribution in [-0.4, -0.2) is 45.5 Å². The fourth-order valence-corrected chi connectivity index (χ4v) is 1.95. The molecule has 2 unspecified atom stereocenters.